The van der Waals surface area contributed by atoms with Gasteiger partial charge in [-0.2, -0.15) is 13.2 Å². The summed E-state index contributed by atoms with van der Waals surface area (Å²) < 4.78 is 41.4. The van der Waals surface area contributed by atoms with Crippen LogP contribution in [0, 0.1) is 17.8 Å². The summed E-state index contributed by atoms with van der Waals surface area (Å²) >= 11 is 6.14. The second kappa shape index (κ2) is 29.8. The van der Waals surface area contributed by atoms with E-state index in [1.54, 1.807) is 27.7 Å². The zero-order chi connectivity index (χ0) is 66.4. The van der Waals surface area contributed by atoms with Gasteiger partial charge in [-0.15, -0.1) is 0 Å². The van der Waals surface area contributed by atoms with Gasteiger partial charge in [0.15, 0.2) is 0 Å². The van der Waals surface area contributed by atoms with Gasteiger partial charge < -0.3 is 55.6 Å². The molecule has 0 aromatic heterocycles. The Morgan fingerprint density at radius 3 is 1.78 bits per heavy atom. The molecule has 500 valence electrons. The monoisotopic (exact) mass is 1290 g/mol. The van der Waals surface area contributed by atoms with E-state index in [1.165, 1.54) is 82.4 Å². The largest absolute Gasteiger partial charge is 0.417 e. The minimum atomic E-state index is -4.74. The quantitative estimate of drug-likeness (QED) is 0.275. The zero-order valence-corrected chi connectivity index (χ0v) is 55.0. The number of hydrogen-bond donors (Lipinski definition) is 4. The third kappa shape index (κ3) is 15.7. The Labute approximate surface area is 532 Å². The Kier molecular flexibility index (Phi) is 23.5. The Morgan fingerprint density at radius 1 is 0.611 bits per heavy atom. The molecule has 4 N–H and O–H groups in total. The molecule has 1 aromatic rings. The van der Waals surface area contributed by atoms with Crippen molar-refractivity contribution in [3.05, 3.63) is 34.3 Å². The Morgan fingerprint density at radius 2 is 1.20 bits per heavy atom. The number of fused-ring (bicyclic) bond motifs is 3. The number of hydrogen-bond acceptors (Lipinski definition) is 11. The maximum Gasteiger partial charge on any atom is 0.417 e. The van der Waals surface area contributed by atoms with Crippen LogP contribution in [0.25, 0.3) is 0 Å². The van der Waals surface area contributed by atoms with Gasteiger partial charge in [0.2, 0.25) is 65.0 Å². The summed E-state index contributed by atoms with van der Waals surface area (Å²) in [6.07, 6.45) is 2.53. The van der Waals surface area contributed by atoms with E-state index in [1.807, 2.05) is 6.92 Å². The second-order valence-corrected chi connectivity index (χ2v) is 27.1. The van der Waals surface area contributed by atoms with Gasteiger partial charge in [0.25, 0.3) is 0 Å². The number of carbonyl (C=O) groups is 11. The van der Waals surface area contributed by atoms with Gasteiger partial charge >= 0.3 is 6.18 Å². The average molecular weight is 1290 g/mol. The summed E-state index contributed by atoms with van der Waals surface area (Å²) in [5.41, 5.74) is -2.24. The van der Waals surface area contributed by atoms with Crippen molar-refractivity contribution in [1.29, 1.82) is 0 Å². The van der Waals surface area contributed by atoms with Crippen LogP contribution in [0.1, 0.15) is 169 Å². The predicted octanol–water partition coefficient (Wildman–Crippen LogP) is 4.81. The lowest BCUT2D eigenvalue weighted by Gasteiger charge is -2.49. The van der Waals surface area contributed by atoms with E-state index >= 15 is 9.59 Å². The minimum absolute atomic E-state index is 0.0406. The van der Waals surface area contributed by atoms with Crippen LogP contribution >= 0.6 is 11.6 Å². The van der Waals surface area contributed by atoms with Crippen LogP contribution in [0.15, 0.2) is 18.2 Å². The summed E-state index contributed by atoms with van der Waals surface area (Å²) in [5.74, 6) is -7.26. The van der Waals surface area contributed by atoms with Crippen molar-refractivity contribution in [1.82, 2.24) is 55.6 Å². The number of benzene rings is 1. The lowest BCUT2D eigenvalue weighted by Crippen LogP contribution is -2.69. The molecular weight excluding hydrogens is 1190 g/mol. The van der Waals surface area contributed by atoms with E-state index in [0.717, 1.165) is 44.2 Å². The molecule has 6 aliphatic rings. The van der Waals surface area contributed by atoms with Crippen LogP contribution in [0.2, 0.25) is 5.02 Å². The number of alkyl halides is 3. The number of likely N-dealkylation sites (N-methyl/N-ethyl adjacent to an activating group) is 4. The maximum atomic E-state index is 15.1. The summed E-state index contributed by atoms with van der Waals surface area (Å²) in [7, 11) is 5.83. The first-order valence-corrected chi connectivity index (χ1v) is 32.8. The first-order chi connectivity index (χ1) is 42.3. The third-order valence-electron chi connectivity index (χ3n) is 20.2. The normalized spacial score (nSPS) is 29.7. The lowest BCUT2D eigenvalue weighted by molar-refractivity contribution is -0.165. The summed E-state index contributed by atoms with van der Waals surface area (Å²) in [5, 5.41) is 11.0. The lowest BCUT2D eigenvalue weighted by atomic mass is 9.84. The van der Waals surface area contributed by atoms with Crippen LogP contribution in [-0.4, -0.2) is 213 Å². The molecule has 1 unspecified atom stereocenters. The van der Waals surface area contributed by atoms with Crippen molar-refractivity contribution in [2.75, 3.05) is 47.8 Å². The molecule has 11 atom stereocenters. The first-order valence-electron chi connectivity index (χ1n) is 32.4. The van der Waals surface area contributed by atoms with Gasteiger partial charge in [0.05, 0.1) is 10.6 Å². The van der Waals surface area contributed by atoms with Crippen LogP contribution in [0.3, 0.4) is 0 Å². The first kappa shape index (κ1) is 70.9. The van der Waals surface area contributed by atoms with Crippen molar-refractivity contribution in [2.45, 2.75) is 236 Å². The van der Waals surface area contributed by atoms with Crippen LogP contribution in [-0.2, 0) is 65.3 Å². The number of nitrogens with zero attached hydrogens (tertiary/aromatic N) is 7. The molecule has 1 spiro atoms. The standard InChI is InChI=1S/C64H95ClF3N11O11/c1-12-37(4)51-61(89)79-32-27-48(79)60(88)78-31-26-47(78)58(86)75(10)49(35-41-19-14-13-15-20-41)59(87)74(9)40(7)53(81)70-45(25-23-42-22-24-43(44(65)34-42)64(66,67)68)57(85)77-30-18-21-46(77)55(83)72-63(28-16-17-29-63)62(90)76(11)52(36(2)3)56(84)69-38(5)33-50(80)73(8)39(6)54(82)71-51/h22,24,34,36-41,45-49,51-52H,12-21,23,25-33,35H2,1-11H3,(H,69,84)(H,70,81)(H,71,82)(H,72,83)/t37-,38+,39-,40+,45-,46-,47-,48?,49-,51-,52-/m0/s1. The smallest absolute Gasteiger partial charge is 0.351 e. The SMILES string of the molecule is CC[C@H](C)[C@@H]1NC(=O)[C@H](C)N(C)C(=O)C[C@@H](C)NC(=O)[C@H](C(C)C)N(C)C(=O)C2(CCCC2)NC(=O)[C@@H]2CCCN2C(=O)[C@H](CCc2ccc(C(F)(F)F)c(Cl)c2)NC(=O)[C@@H](C)N(C)C(=O)[C@H](CC2CCCCC2)N(C)C(=O)[C@@H]2CCN2C(=O)C2CCN2C1=O. The van der Waals surface area contributed by atoms with Crippen molar-refractivity contribution >= 4 is 76.6 Å². The molecule has 4 saturated heterocycles. The van der Waals surface area contributed by atoms with E-state index in [4.69, 9.17) is 11.6 Å². The number of nitrogens with one attached hydrogen (secondary N) is 4. The van der Waals surface area contributed by atoms with E-state index in [0.29, 0.717) is 37.7 Å². The van der Waals surface area contributed by atoms with Gasteiger partial charge in [-0.25, -0.2) is 0 Å². The molecule has 22 nitrogen and oxygen atoms in total. The molecule has 90 heavy (non-hydrogen) atoms. The highest BCUT2D eigenvalue weighted by Gasteiger charge is 2.52. The maximum absolute atomic E-state index is 15.1. The second-order valence-electron chi connectivity index (χ2n) is 26.7. The fourth-order valence-electron chi connectivity index (χ4n) is 13.9. The fraction of sp³-hybridized carbons (Fsp3) is 0.734. The highest BCUT2D eigenvalue weighted by atomic mass is 35.5. The number of carbonyl (C=O) groups excluding carboxylic acids is 11. The molecule has 0 bridgehead atoms. The van der Waals surface area contributed by atoms with Gasteiger partial charge in [0.1, 0.15) is 59.9 Å². The topological polar surface area (TPSA) is 259 Å². The summed E-state index contributed by atoms with van der Waals surface area (Å²) in [6.45, 7) is 12.2. The van der Waals surface area contributed by atoms with E-state index < -0.39 is 160 Å². The Bertz CT molecular complexity index is 2870. The minimum Gasteiger partial charge on any atom is -0.351 e. The van der Waals surface area contributed by atoms with Crippen LogP contribution in [0.5, 0.6) is 0 Å². The van der Waals surface area contributed by atoms with Gasteiger partial charge in [-0.1, -0.05) is 96.7 Å². The van der Waals surface area contributed by atoms with E-state index in [-0.39, 0.29) is 76.9 Å². The predicted molar refractivity (Wildman–Crippen MR) is 328 cm³/mol. The molecule has 4 heterocycles. The molecular formula is C64H95ClF3N11O11. The summed E-state index contributed by atoms with van der Waals surface area (Å²) in [6, 6.07) is -7.72. The van der Waals surface area contributed by atoms with Gasteiger partial charge in [-0.05, 0) is 114 Å². The molecule has 26 heteroatoms. The number of amides is 11. The molecule has 1 aromatic carbocycles. The molecule has 2 saturated carbocycles. The molecule has 4 aliphatic heterocycles. The fourth-order valence-corrected chi connectivity index (χ4v) is 14.2. The Hall–Kier alpha value is -6.53. The van der Waals surface area contributed by atoms with Crippen molar-refractivity contribution in [3.63, 3.8) is 0 Å². The average Bonchev–Trinajstić information content (AvgIpc) is 1.64. The van der Waals surface area contributed by atoms with Crippen molar-refractivity contribution in [3.8, 4) is 0 Å². The van der Waals surface area contributed by atoms with Crippen molar-refractivity contribution in [2.24, 2.45) is 17.8 Å². The van der Waals surface area contributed by atoms with Crippen LogP contribution in [0.4, 0.5) is 13.2 Å². The van der Waals surface area contributed by atoms with E-state index in [2.05, 4.69) is 21.3 Å². The molecule has 0 radical (unpaired) electrons. The van der Waals surface area contributed by atoms with E-state index in [9.17, 15) is 56.3 Å². The van der Waals surface area contributed by atoms with Crippen LogP contribution < -0.4 is 21.3 Å². The number of rotatable bonds is 8. The molecule has 11 amide bonds. The molecule has 6 fully saturated rings. The zero-order valence-electron chi connectivity index (χ0n) is 54.2. The highest BCUT2D eigenvalue weighted by molar-refractivity contribution is 6.31. The highest BCUT2D eigenvalue weighted by Crippen LogP contribution is 2.37. The number of aryl methyl sites for hydroxylation is 1. The number of halogens is 4. The molecule has 2 aliphatic carbocycles. The van der Waals surface area contributed by atoms with Gasteiger partial charge in [-0.3, -0.25) is 52.7 Å². The van der Waals surface area contributed by atoms with Gasteiger partial charge in [0, 0.05) is 60.3 Å². The Balaban J connectivity index is 1.23. The summed E-state index contributed by atoms with van der Waals surface area (Å²) in [4.78, 5) is 170. The third-order valence-corrected chi connectivity index (χ3v) is 20.6. The van der Waals surface area contributed by atoms with Crippen molar-refractivity contribution < 1.29 is 65.9 Å². The molecule has 7 rings (SSSR count).